The van der Waals surface area contributed by atoms with Crippen LogP contribution in [0.15, 0.2) is 6.07 Å². The number of H-pyrrole nitrogens is 1. The van der Waals surface area contributed by atoms with Crippen molar-refractivity contribution in [1.82, 2.24) is 10.2 Å². The molecule has 4 nitrogen and oxygen atoms in total. The molecule has 2 N–H and O–H groups in total. The third kappa shape index (κ3) is 5.34. The lowest BCUT2D eigenvalue weighted by atomic mass is 10.1. The van der Waals surface area contributed by atoms with Gasteiger partial charge in [-0.3, -0.25) is 9.89 Å². The van der Waals surface area contributed by atoms with Gasteiger partial charge in [0.1, 0.15) is 0 Å². The second kappa shape index (κ2) is 7.90. The van der Waals surface area contributed by atoms with Crippen LogP contribution in [0, 0.1) is 0 Å². The van der Waals surface area contributed by atoms with Gasteiger partial charge in [0.25, 0.3) is 0 Å². The average molecular weight is 251 g/mol. The summed E-state index contributed by atoms with van der Waals surface area (Å²) in [6.07, 6.45) is 6.42. The molecule has 18 heavy (non-hydrogen) atoms. The van der Waals surface area contributed by atoms with E-state index in [0.717, 1.165) is 18.5 Å². The Morgan fingerprint density at radius 1 is 1.33 bits per heavy atom. The van der Waals surface area contributed by atoms with Crippen LogP contribution in [-0.2, 0) is 4.79 Å². The Balaban J connectivity index is 2.22. The summed E-state index contributed by atoms with van der Waals surface area (Å²) < 4.78 is 0. The second-order valence-corrected chi connectivity index (χ2v) is 5.08. The van der Waals surface area contributed by atoms with Crippen LogP contribution in [-0.4, -0.2) is 16.1 Å². The summed E-state index contributed by atoms with van der Waals surface area (Å²) in [6.45, 7) is 6.37. The van der Waals surface area contributed by atoms with Crippen molar-refractivity contribution in [1.29, 1.82) is 0 Å². The Labute approximate surface area is 110 Å². The van der Waals surface area contributed by atoms with E-state index in [2.05, 4.69) is 36.3 Å². The highest BCUT2D eigenvalue weighted by molar-refractivity contribution is 5.89. The lowest BCUT2D eigenvalue weighted by Gasteiger charge is -2.01. The minimum atomic E-state index is 0.0632. The minimum Gasteiger partial charge on any atom is -0.309 e. The van der Waals surface area contributed by atoms with Crippen LogP contribution in [0.4, 0.5) is 5.82 Å². The maximum atomic E-state index is 11.7. The van der Waals surface area contributed by atoms with Gasteiger partial charge < -0.3 is 5.32 Å². The van der Waals surface area contributed by atoms with Gasteiger partial charge in [-0.25, -0.2) is 0 Å². The summed E-state index contributed by atoms with van der Waals surface area (Å²) in [5.41, 5.74) is 1.05. The first kappa shape index (κ1) is 14.7. The maximum absolute atomic E-state index is 11.7. The molecule has 1 amide bonds. The first-order chi connectivity index (χ1) is 8.63. The van der Waals surface area contributed by atoms with Crippen molar-refractivity contribution >= 4 is 11.7 Å². The van der Waals surface area contributed by atoms with Crippen LogP contribution >= 0.6 is 0 Å². The van der Waals surface area contributed by atoms with Crippen LogP contribution in [0.3, 0.4) is 0 Å². The largest absolute Gasteiger partial charge is 0.309 e. The molecule has 102 valence electrons. The molecule has 1 aromatic heterocycles. The molecule has 0 bridgehead atoms. The standard InChI is InChI=1S/C14H25N3O/c1-4-5-6-7-8-9-14(18)15-13-10-12(11(2)3)16-17-13/h10-11H,4-9H2,1-3H3,(H2,15,16,17,18). The van der Waals surface area contributed by atoms with Crippen LogP contribution < -0.4 is 5.32 Å². The van der Waals surface area contributed by atoms with Crippen molar-refractivity contribution < 1.29 is 4.79 Å². The van der Waals surface area contributed by atoms with Gasteiger partial charge >= 0.3 is 0 Å². The number of amides is 1. The summed E-state index contributed by atoms with van der Waals surface area (Å²) in [6, 6.07) is 1.90. The number of aromatic nitrogens is 2. The monoisotopic (exact) mass is 251 g/mol. The van der Waals surface area contributed by atoms with E-state index >= 15 is 0 Å². The molecule has 0 aliphatic carbocycles. The summed E-state index contributed by atoms with van der Waals surface area (Å²) >= 11 is 0. The fourth-order valence-corrected chi connectivity index (χ4v) is 1.79. The zero-order chi connectivity index (χ0) is 13.4. The Hall–Kier alpha value is -1.32. The molecule has 0 radical (unpaired) electrons. The van der Waals surface area contributed by atoms with Gasteiger partial charge in [0, 0.05) is 18.2 Å². The number of hydrogen-bond acceptors (Lipinski definition) is 2. The zero-order valence-corrected chi connectivity index (χ0v) is 11.8. The highest BCUT2D eigenvalue weighted by Crippen LogP contribution is 2.15. The molecule has 4 heteroatoms. The highest BCUT2D eigenvalue weighted by Gasteiger charge is 2.07. The molecule has 0 aromatic carbocycles. The molecule has 0 aliphatic rings. The fourth-order valence-electron chi connectivity index (χ4n) is 1.79. The number of nitrogens with one attached hydrogen (secondary N) is 2. The van der Waals surface area contributed by atoms with Gasteiger partial charge in [-0.05, 0) is 12.3 Å². The van der Waals surface area contributed by atoms with Gasteiger partial charge in [0.2, 0.25) is 5.91 Å². The maximum Gasteiger partial charge on any atom is 0.225 e. The topological polar surface area (TPSA) is 57.8 Å². The summed E-state index contributed by atoms with van der Waals surface area (Å²) in [5.74, 6) is 1.10. The van der Waals surface area contributed by atoms with Gasteiger partial charge in [-0.2, -0.15) is 5.10 Å². The summed E-state index contributed by atoms with van der Waals surface area (Å²) in [7, 11) is 0. The lowest BCUT2D eigenvalue weighted by Crippen LogP contribution is -2.11. The third-order valence-electron chi connectivity index (χ3n) is 2.99. The number of rotatable bonds is 8. The number of aromatic amines is 1. The summed E-state index contributed by atoms with van der Waals surface area (Å²) in [5, 5.41) is 9.83. The van der Waals surface area contributed by atoms with E-state index in [1.165, 1.54) is 19.3 Å². The van der Waals surface area contributed by atoms with Crippen LogP contribution in [0.1, 0.15) is 70.9 Å². The Morgan fingerprint density at radius 3 is 2.67 bits per heavy atom. The number of carbonyl (C=O) groups excluding carboxylic acids is 1. The first-order valence-electron chi connectivity index (χ1n) is 6.98. The van der Waals surface area contributed by atoms with Crippen LogP contribution in [0.2, 0.25) is 0 Å². The van der Waals surface area contributed by atoms with E-state index in [4.69, 9.17) is 0 Å². The van der Waals surface area contributed by atoms with Gasteiger partial charge in [0.05, 0.1) is 0 Å². The molecule has 1 rings (SSSR count). The molecule has 0 unspecified atom stereocenters. The van der Waals surface area contributed by atoms with Gasteiger partial charge in [-0.1, -0.05) is 46.5 Å². The number of unbranched alkanes of at least 4 members (excludes halogenated alkanes) is 4. The Morgan fingerprint density at radius 2 is 2.06 bits per heavy atom. The van der Waals surface area contributed by atoms with E-state index in [1.807, 2.05) is 6.07 Å². The van der Waals surface area contributed by atoms with Crippen molar-refractivity contribution in [3.63, 3.8) is 0 Å². The van der Waals surface area contributed by atoms with Crippen molar-refractivity contribution in [2.45, 2.75) is 65.2 Å². The highest BCUT2D eigenvalue weighted by atomic mass is 16.1. The molecule has 0 spiro atoms. The Kier molecular flexibility index (Phi) is 6.47. The minimum absolute atomic E-state index is 0.0632. The SMILES string of the molecule is CCCCCCCC(=O)Nc1cc(C(C)C)[nH]n1. The molecule has 0 saturated heterocycles. The number of anilines is 1. The van der Waals surface area contributed by atoms with E-state index in [1.54, 1.807) is 0 Å². The Bertz CT molecular complexity index is 358. The van der Waals surface area contributed by atoms with Crippen molar-refractivity contribution in [2.75, 3.05) is 5.32 Å². The second-order valence-electron chi connectivity index (χ2n) is 5.08. The predicted octanol–water partition coefficient (Wildman–Crippen LogP) is 3.83. The molecule has 0 fully saturated rings. The lowest BCUT2D eigenvalue weighted by molar-refractivity contribution is -0.116. The molecule has 1 heterocycles. The average Bonchev–Trinajstić information content (AvgIpc) is 2.77. The number of carbonyl (C=O) groups is 1. The van der Waals surface area contributed by atoms with Gasteiger partial charge in [-0.15, -0.1) is 0 Å². The molecular weight excluding hydrogens is 226 g/mol. The number of hydrogen-bond donors (Lipinski definition) is 2. The van der Waals surface area contributed by atoms with E-state index in [9.17, 15) is 4.79 Å². The predicted molar refractivity (Wildman–Crippen MR) is 74.7 cm³/mol. The molecule has 1 aromatic rings. The van der Waals surface area contributed by atoms with Crippen molar-refractivity contribution in [3.05, 3.63) is 11.8 Å². The first-order valence-corrected chi connectivity index (χ1v) is 6.98. The van der Waals surface area contributed by atoms with E-state index < -0.39 is 0 Å². The van der Waals surface area contributed by atoms with Crippen molar-refractivity contribution in [3.8, 4) is 0 Å². The molecular formula is C14H25N3O. The van der Waals surface area contributed by atoms with Crippen LogP contribution in [0.5, 0.6) is 0 Å². The van der Waals surface area contributed by atoms with E-state index in [-0.39, 0.29) is 5.91 Å². The zero-order valence-electron chi connectivity index (χ0n) is 11.8. The quantitative estimate of drug-likeness (QED) is 0.690. The molecule has 0 saturated carbocycles. The third-order valence-corrected chi connectivity index (χ3v) is 2.99. The molecule has 0 atom stereocenters. The van der Waals surface area contributed by atoms with Gasteiger partial charge in [0.15, 0.2) is 5.82 Å². The summed E-state index contributed by atoms with van der Waals surface area (Å²) in [4.78, 5) is 11.7. The van der Waals surface area contributed by atoms with Crippen molar-refractivity contribution in [2.24, 2.45) is 0 Å². The normalized spacial score (nSPS) is 10.9. The molecule has 0 aliphatic heterocycles. The fraction of sp³-hybridized carbons (Fsp3) is 0.714. The smallest absolute Gasteiger partial charge is 0.225 e. The van der Waals surface area contributed by atoms with E-state index in [0.29, 0.717) is 18.2 Å². The van der Waals surface area contributed by atoms with Crippen LogP contribution in [0.25, 0.3) is 0 Å². The number of nitrogens with zero attached hydrogens (tertiary/aromatic N) is 1.